The minimum atomic E-state index is -5.36. The van der Waals surface area contributed by atoms with Gasteiger partial charge in [0.25, 0.3) is 0 Å². The third-order valence-electron chi connectivity index (χ3n) is 2.70. The van der Waals surface area contributed by atoms with E-state index in [0.717, 1.165) is 6.07 Å². The maximum absolute atomic E-state index is 12.2. The SMILES string of the molecule is [N-]=[N+]=NC1=C(S(=O)(=O)[O-])C(=O)c2cccc(N=[N+]=[N-])c2C1=O. The molecule has 0 unspecified atom stereocenters. The Morgan fingerprint density at radius 2 is 1.68 bits per heavy atom. The molecule has 1 aromatic rings. The number of hydrogen-bond acceptors (Lipinski definition) is 7. The molecule has 22 heavy (non-hydrogen) atoms. The van der Waals surface area contributed by atoms with Gasteiger partial charge in [0, 0.05) is 26.6 Å². The van der Waals surface area contributed by atoms with Crippen LogP contribution in [0.3, 0.4) is 0 Å². The molecule has 2 rings (SSSR count). The molecule has 1 aliphatic rings. The van der Waals surface area contributed by atoms with Crippen LogP contribution in [0.4, 0.5) is 5.69 Å². The average molecular weight is 319 g/mol. The molecule has 0 saturated heterocycles. The number of benzene rings is 1. The number of rotatable bonds is 3. The highest BCUT2D eigenvalue weighted by Gasteiger charge is 2.36. The van der Waals surface area contributed by atoms with E-state index in [2.05, 4.69) is 20.1 Å². The zero-order valence-electron chi connectivity index (χ0n) is 10.4. The van der Waals surface area contributed by atoms with Gasteiger partial charge in [-0.15, -0.1) is 0 Å². The average Bonchev–Trinajstić information content (AvgIpc) is 2.43. The normalized spacial score (nSPS) is 14.0. The predicted molar refractivity (Wildman–Crippen MR) is 69.8 cm³/mol. The van der Waals surface area contributed by atoms with Crippen LogP contribution >= 0.6 is 0 Å². The van der Waals surface area contributed by atoms with Crippen molar-refractivity contribution in [2.75, 3.05) is 0 Å². The van der Waals surface area contributed by atoms with Crippen LogP contribution in [0.2, 0.25) is 0 Å². The number of Topliss-reactive ketones (excluding diaryl/α,β-unsaturated/α-hetero) is 2. The molecule has 0 amide bonds. The Labute approximate surface area is 121 Å². The zero-order valence-corrected chi connectivity index (χ0v) is 11.2. The second-order valence-corrected chi connectivity index (χ2v) is 5.19. The first-order chi connectivity index (χ1) is 10.3. The number of allylic oxidation sites excluding steroid dienone is 2. The summed E-state index contributed by atoms with van der Waals surface area (Å²) in [4.78, 5) is 27.7. The maximum atomic E-state index is 12.2. The van der Waals surface area contributed by atoms with E-state index >= 15 is 0 Å². The van der Waals surface area contributed by atoms with Crippen molar-refractivity contribution in [3.05, 3.63) is 60.8 Å². The number of ketones is 2. The van der Waals surface area contributed by atoms with Crippen LogP contribution in [0.1, 0.15) is 20.7 Å². The summed E-state index contributed by atoms with van der Waals surface area (Å²) in [6.07, 6.45) is 0. The number of hydrogen-bond donors (Lipinski definition) is 0. The molecule has 0 spiro atoms. The van der Waals surface area contributed by atoms with E-state index in [4.69, 9.17) is 11.1 Å². The lowest BCUT2D eigenvalue weighted by Crippen LogP contribution is -2.25. The van der Waals surface area contributed by atoms with E-state index in [-0.39, 0.29) is 5.69 Å². The summed E-state index contributed by atoms with van der Waals surface area (Å²) in [6, 6.07) is 3.53. The standard InChI is InChI=1S/C10H4N6O5S/c11-15-13-5-3-1-2-4-6(5)9(18)7(14-16-12)10(8(4)17)22(19,20)21/h1-3H,(H,19,20,21)/p-1. The van der Waals surface area contributed by atoms with Crippen molar-refractivity contribution >= 4 is 27.4 Å². The Kier molecular flexibility index (Phi) is 3.68. The van der Waals surface area contributed by atoms with Gasteiger partial charge in [0.2, 0.25) is 5.78 Å². The van der Waals surface area contributed by atoms with Crippen LogP contribution in [0.15, 0.2) is 39.0 Å². The Balaban J connectivity index is 2.95. The van der Waals surface area contributed by atoms with Crippen LogP contribution in [0.25, 0.3) is 20.9 Å². The van der Waals surface area contributed by atoms with Crippen LogP contribution < -0.4 is 0 Å². The second kappa shape index (κ2) is 5.31. The Hall–Kier alpha value is -3.17. The highest BCUT2D eigenvalue weighted by atomic mass is 32.2. The van der Waals surface area contributed by atoms with Crippen molar-refractivity contribution in [2.24, 2.45) is 10.2 Å². The summed E-state index contributed by atoms with van der Waals surface area (Å²) in [5.41, 5.74) is 14.6. The van der Waals surface area contributed by atoms with Crippen LogP contribution in [-0.2, 0) is 10.1 Å². The fourth-order valence-electron chi connectivity index (χ4n) is 1.92. The third kappa shape index (κ3) is 2.30. The highest BCUT2D eigenvalue weighted by Crippen LogP contribution is 2.35. The van der Waals surface area contributed by atoms with Gasteiger partial charge in [0.15, 0.2) is 5.78 Å². The molecule has 0 fully saturated rings. The Bertz CT molecular complexity index is 950. The number of azide groups is 2. The molecular weight excluding hydrogens is 316 g/mol. The maximum Gasteiger partial charge on any atom is 0.204 e. The largest absolute Gasteiger partial charge is 0.744 e. The van der Waals surface area contributed by atoms with Gasteiger partial charge in [-0.05, 0) is 11.1 Å². The molecule has 11 nitrogen and oxygen atoms in total. The second-order valence-electron chi connectivity index (χ2n) is 3.87. The molecule has 12 heteroatoms. The highest BCUT2D eigenvalue weighted by molar-refractivity contribution is 7.90. The van der Waals surface area contributed by atoms with Crippen molar-refractivity contribution in [3.8, 4) is 0 Å². The molecule has 0 bridgehead atoms. The van der Waals surface area contributed by atoms with E-state index in [1.807, 2.05) is 0 Å². The van der Waals surface area contributed by atoms with E-state index in [1.165, 1.54) is 12.1 Å². The first kappa shape index (κ1) is 15.2. The number of carbonyl (C=O) groups excluding carboxylic acids is 2. The zero-order chi connectivity index (χ0) is 16.5. The molecule has 0 aromatic heterocycles. The molecule has 0 saturated carbocycles. The molecule has 0 atom stereocenters. The summed E-state index contributed by atoms with van der Waals surface area (Å²) >= 11 is 0. The van der Waals surface area contributed by atoms with Gasteiger partial charge in [0.05, 0.1) is 0 Å². The summed E-state index contributed by atoms with van der Waals surface area (Å²) < 4.78 is 33.6. The fraction of sp³-hybridized carbons (Fsp3) is 0. The van der Waals surface area contributed by atoms with Crippen LogP contribution in [0.5, 0.6) is 0 Å². The van der Waals surface area contributed by atoms with E-state index in [0.29, 0.717) is 0 Å². The van der Waals surface area contributed by atoms with E-state index in [1.54, 1.807) is 0 Å². The van der Waals surface area contributed by atoms with E-state index < -0.39 is 43.4 Å². The smallest absolute Gasteiger partial charge is 0.204 e. The monoisotopic (exact) mass is 319 g/mol. The lowest BCUT2D eigenvalue weighted by atomic mass is 9.91. The van der Waals surface area contributed by atoms with Gasteiger partial charge in [-0.2, -0.15) is 0 Å². The lowest BCUT2D eigenvalue weighted by Gasteiger charge is -2.21. The molecule has 110 valence electrons. The topological polar surface area (TPSA) is 189 Å². The fourth-order valence-corrected chi connectivity index (χ4v) is 2.63. The van der Waals surface area contributed by atoms with Crippen molar-refractivity contribution in [1.29, 1.82) is 0 Å². The molecule has 0 heterocycles. The van der Waals surface area contributed by atoms with Gasteiger partial charge in [-0.25, -0.2) is 8.42 Å². The molecule has 0 N–H and O–H groups in total. The summed E-state index contributed by atoms with van der Waals surface area (Å²) in [7, 11) is -5.36. The van der Waals surface area contributed by atoms with Gasteiger partial charge < -0.3 is 4.55 Å². The number of carbonyl (C=O) groups is 2. The Morgan fingerprint density at radius 1 is 1.05 bits per heavy atom. The minimum Gasteiger partial charge on any atom is -0.744 e. The summed E-state index contributed by atoms with van der Waals surface area (Å²) in [5.74, 6) is -2.49. The number of nitrogens with zero attached hydrogens (tertiary/aromatic N) is 6. The minimum absolute atomic E-state index is 0.258. The molecule has 1 aliphatic carbocycles. The van der Waals surface area contributed by atoms with Gasteiger partial charge >= 0.3 is 0 Å². The van der Waals surface area contributed by atoms with Gasteiger partial charge in [0.1, 0.15) is 20.7 Å². The Morgan fingerprint density at radius 3 is 2.23 bits per heavy atom. The summed E-state index contributed by atoms with van der Waals surface area (Å²) in [5, 5.41) is 6.05. The van der Waals surface area contributed by atoms with Crippen molar-refractivity contribution in [3.63, 3.8) is 0 Å². The van der Waals surface area contributed by atoms with Gasteiger partial charge in [-0.1, -0.05) is 28.4 Å². The van der Waals surface area contributed by atoms with Crippen molar-refractivity contribution in [2.45, 2.75) is 0 Å². The summed E-state index contributed by atoms with van der Waals surface area (Å²) in [6.45, 7) is 0. The molecular formula is C10H3N6O5S-. The van der Waals surface area contributed by atoms with Crippen LogP contribution in [-0.4, -0.2) is 24.5 Å². The first-order valence-electron chi connectivity index (χ1n) is 5.35. The quantitative estimate of drug-likeness (QED) is 0.356. The first-order valence-corrected chi connectivity index (χ1v) is 6.76. The number of fused-ring (bicyclic) bond motifs is 1. The van der Waals surface area contributed by atoms with Crippen LogP contribution in [0, 0.1) is 0 Å². The van der Waals surface area contributed by atoms with E-state index in [9.17, 15) is 22.6 Å². The van der Waals surface area contributed by atoms with Crippen molar-refractivity contribution in [1.82, 2.24) is 0 Å². The molecule has 1 aromatic carbocycles. The van der Waals surface area contributed by atoms with Gasteiger partial charge in [-0.3, -0.25) is 9.59 Å². The van der Waals surface area contributed by atoms with Crippen molar-refractivity contribution < 1.29 is 22.6 Å². The predicted octanol–water partition coefficient (Wildman–Crippen LogP) is 2.07. The lowest BCUT2D eigenvalue weighted by molar-refractivity contribution is 0.0979. The molecule has 0 aliphatic heterocycles. The molecule has 0 radical (unpaired) electrons. The third-order valence-corrected chi connectivity index (χ3v) is 3.58.